The summed E-state index contributed by atoms with van der Waals surface area (Å²) >= 11 is 1.77. The first-order valence-corrected chi connectivity index (χ1v) is 7.19. The number of thiophene rings is 1. The lowest BCUT2D eigenvalue weighted by Gasteiger charge is -2.05. The van der Waals surface area contributed by atoms with Gasteiger partial charge >= 0.3 is 0 Å². The fraction of sp³-hybridized carbons (Fsp3) is 0.188. The molecule has 0 radical (unpaired) electrons. The number of nitrogens with zero attached hydrogens (tertiary/aromatic N) is 2. The highest BCUT2D eigenvalue weighted by atomic mass is 32.1. The van der Waals surface area contributed by atoms with E-state index in [2.05, 4.69) is 72.2 Å². The zero-order chi connectivity index (χ0) is 13.4. The van der Waals surface area contributed by atoms with Gasteiger partial charge < -0.3 is 4.57 Å². The normalized spacial score (nSPS) is 10.9. The fourth-order valence-electron chi connectivity index (χ4n) is 2.23. The third kappa shape index (κ3) is 2.10. The Bertz CT molecular complexity index is 708. The number of rotatable bonds is 2. The Morgan fingerprint density at radius 3 is 2.47 bits per heavy atom. The molecule has 96 valence electrons. The number of imidazole rings is 1. The second-order valence-electron chi connectivity index (χ2n) is 4.72. The standard InChI is InChI=1S/C16H16N2S/c1-11-12(2)18(3)16(17-11)14-7-4-6-13(10-14)15-8-5-9-19-15/h4-10H,1-3H3. The van der Waals surface area contributed by atoms with Gasteiger partial charge in [0.25, 0.3) is 0 Å². The highest BCUT2D eigenvalue weighted by molar-refractivity contribution is 7.13. The maximum Gasteiger partial charge on any atom is 0.140 e. The monoisotopic (exact) mass is 268 g/mol. The van der Waals surface area contributed by atoms with Crippen molar-refractivity contribution < 1.29 is 0 Å². The van der Waals surface area contributed by atoms with Gasteiger partial charge in [-0.2, -0.15) is 0 Å². The molecule has 0 atom stereocenters. The molecule has 3 heteroatoms. The van der Waals surface area contributed by atoms with Gasteiger partial charge in [-0.1, -0.05) is 24.3 Å². The van der Waals surface area contributed by atoms with Crippen LogP contribution in [0.4, 0.5) is 0 Å². The molecule has 2 heterocycles. The highest BCUT2D eigenvalue weighted by Gasteiger charge is 2.10. The van der Waals surface area contributed by atoms with Crippen molar-refractivity contribution >= 4 is 11.3 Å². The van der Waals surface area contributed by atoms with Crippen molar-refractivity contribution in [3.8, 4) is 21.8 Å². The number of hydrogen-bond acceptors (Lipinski definition) is 2. The van der Waals surface area contributed by atoms with Crippen molar-refractivity contribution in [3.63, 3.8) is 0 Å². The molecule has 2 nitrogen and oxygen atoms in total. The lowest BCUT2D eigenvalue weighted by atomic mass is 10.1. The highest BCUT2D eigenvalue weighted by Crippen LogP contribution is 2.29. The Labute approximate surface area is 117 Å². The third-order valence-electron chi connectivity index (χ3n) is 3.54. The van der Waals surface area contributed by atoms with Crippen LogP contribution in [-0.4, -0.2) is 9.55 Å². The minimum Gasteiger partial charge on any atom is -0.331 e. The van der Waals surface area contributed by atoms with Crippen molar-refractivity contribution in [1.82, 2.24) is 9.55 Å². The topological polar surface area (TPSA) is 17.8 Å². The van der Waals surface area contributed by atoms with E-state index in [1.54, 1.807) is 11.3 Å². The quantitative estimate of drug-likeness (QED) is 0.672. The summed E-state index contributed by atoms with van der Waals surface area (Å²) < 4.78 is 2.16. The second-order valence-corrected chi connectivity index (χ2v) is 5.67. The Morgan fingerprint density at radius 1 is 1.05 bits per heavy atom. The first-order valence-electron chi connectivity index (χ1n) is 6.31. The summed E-state index contributed by atoms with van der Waals surface area (Å²) in [7, 11) is 2.07. The summed E-state index contributed by atoms with van der Waals surface area (Å²) in [6.45, 7) is 4.16. The van der Waals surface area contributed by atoms with Crippen molar-refractivity contribution in [2.45, 2.75) is 13.8 Å². The Kier molecular flexibility index (Phi) is 2.99. The lowest BCUT2D eigenvalue weighted by Crippen LogP contribution is -1.94. The molecular formula is C16H16N2S. The van der Waals surface area contributed by atoms with Gasteiger partial charge in [0.05, 0.1) is 5.69 Å². The largest absolute Gasteiger partial charge is 0.331 e. The Balaban J connectivity index is 2.11. The Morgan fingerprint density at radius 2 is 1.84 bits per heavy atom. The van der Waals surface area contributed by atoms with Crippen LogP contribution < -0.4 is 0 Å². The van der Waals surface area contributed by atoms with Crippen molar-refractivity contribution in [3.05, 3.63) is 53.2 Å². The molecule has 3 aromatic rings. The molecule has 0 saturated heterocycles. The molecule has 0 aliphatic heterocycles. The molecule has 1 aromatic carbocycles. The number of benzene rings is 1. The van der Waals surface area contributed by atoms with Gasteiger partial charge in [0.2, 0.25) is 0 Å². The SMILES string of the molecule is Cc1nc(-c2cccc(-c3cccs3)c2)n(C)c1C. The van der Waals surface area contributed by atoms with Gasteiger partial charge in [-0.3, -0.25) is 0 Å². The first-order chi connectivity index (χ1) is 9.16. The summed E-state index contributed by atoms with van der Waals surface area (Å²) in [5, 5.41) is 2.11. The molecule has 0 fully saturated rings. The molecular weight excluding hydrogens is 252 g/mol. The van der Waals surface area contributed by atoms with Gasteiger partial charge in [-0.25, -0.2) is 4.98 Å². The van der Waals surface area contributed by atoms with E-state index < -0.39 is 0 Å². The maximum atomic E-state index is 4.67. The molecule has 0 aliphatic carbocycles. The predicted octanol–water partition coefficient (Wildman–Crippen LogP) is 4.43. The van der Waals surface area contributed by atoms with E-state index in [1.807, 2.05) is 0 Å². The van der Waals surface area contributed by atoms with Crippen LogP contribution in [0.25, 0.3) is 21.8 Å². The van der Waals surface area contributed by atoms with E-state index >= 15 is 0 Å². The number of aromatic nitrogens is 2. The van der Waals surface area contributed by atoms with Gasteiger partial charge in [-0.15, -0.1) is 11.3 Å². The first kappa shape index (κ1) is 12.2. The van der Waals surface area contributed by atoms with Gasteiger partial charge in [0.15, 0.2) is 0 Å². The van der Waals surface area contributed by atoms with Crippen LogP contribution >= 0.6 is 11.3 Å². The van der Waals surface area contributed by atoms with E-state index in [9.17, 15) is 0 Å². The van der Waals surface area contributed by atoms with E-state index in [0.717, 1.165) is 11.5 Å². The van der Waals surface area contributed by atoms with Crippen LogP contribution in [0.5, 0.6) is 0 Å². The van der Waals surface area contributed by atoms with Crippen molar-refractivity contribution in [1.29, 1.82) is 0 Å². The number of aryl methyl sites for hydroxylation is 1. The van der Waals surface area contributed by atoms with E-state index in [0.29, 0.717) is 0 Å². The molecule has 0 bridgehead atoms. The van der Waals surface area contributed by atoms with Crippen LogP contribution in [0, 0.1) is 13.8 Å². The molecule has 19 heavy (non-hydrogen) atoms. The Hall–Kier alpha value is -1.87. The average molecular weight is 268 g/mol. The molecule has 0 amide bonds. The molecule has 3 rings (SSSR count). The van der Waals surface area contributed by atoms with Crippen molar-refractivity contribution in [2.24, 2.45) is 7.05 Å². The summed E-state index contributed by atoms with van der Waals surface area (Å²) in [5.74, 6) is 1.04. The van der Waals surface area contributed by atoms with Crippen LogP contribution in [0.2, 0.25) is 0 Å². The maximum absolute atomic E-state index is 4.67. The molecule has 0 spiro atoms. The predicted molar refractivity (Wildman–Crippen MR) is 81.4 cm³/mol. The fourth-order valence-corrected chi connectivity index (χ4v) is 2.95. The molecule has 0 N–H and O–H groups in total. The van der Waals surface area contributed by atoms with Crippen molar-refractivity contribution in [2.75, 3.05) is 0 Å². The van der Waals surface area contributed by atoms with E-state index in [-0.39, 0.29) is 0 Å². The van der Waals surface area contributed by atoms with E-state index in [4.69, 9.17) is 0 Å². The van der Waals surface area contributed by atoms with Crippen LogP contribution in [0.1, 0.15) is 11.4 Å². The minimum absolute atomic E-state index is 1.04. The lowest BCUT2D eigenvalue weighted by molar-refractivity contribution is 0.881. The summed E-state index contributed by atoms with van der Waals surface area (Å²) in [6.07, 6.45) is 0. The molecule has 0 unspecified atom stereocenters. The zero-order valence-electron chi connectivity index (χ0n) is 11.3. The van der Waals surface area contributed by atoms with Crippen LogP contribution in [0.3, 0.4) is 0 Å². The zero-order valence-corrected chi connectivity index (χ0v) is 12.2. The van der Waals surface area contributed by atoms with Crippen LogP contribution in [-0.2, 0) is 7.05 Å². The van der Waals surface area contributed by atoms with E-state index in [1.165, 1.54) is 21.7 Å². The average Bonchev–Trinajstić information content (AvgIpc) is 3.04. The molecule has 0 aliphatic rings. The number of hydrogen-bond donors (Lipinski definition) is 0. The molecule has 2 aromatic heterocycles. The summed E-state index contributed by atoms with van der Waals surface area (Å²) in [4.78, 5) is 5.96. The van der Waals surface area contributed by atoms with Gasteiger partial charge in [0.1, 0.15) is 5.82 Å². The van der Waals surface area contributed by atoms with Gasteiger partial charge in [-0.05, 0) is 36.9 Å². The summed E-state index contributed by atoms with van der Waals surface area (Å²) in [6, 6.07) is 12.8. The second kappa shape index (κ2) is 4.67. The molecule has 0 saturated carbocycles. The summed E-state index contributed by atoms with van der Waals surface area (Å²) in [5.41, 5.74) is 4.74. The van der Waals surface area contributed by atoms with Crippen LogP contribution in [0.15, 0.2) is 41.8 Å². The van der Waals surface area contributed by atoms with Gasteiger partial charge in [0, 0.05) is 23.2 Å². The third-order valence-corrected chi connectivity index (χ3v) is 4.46. The minimum atomic E-state index is 1.04. The smallest absolute Gasteiger partial charge is 0.140 e.